The van der Waals surface area contributed by atoms with E-state index in [1.165, 1.54) is 16.4 Å². The van der Waals surface area contributed by atoms with E-state index in [0.717, 1.165) is 0 Å². The highest BCUT2D eigenvalue weighted by molar-refractivity contribution is 7.84. The van der Waals surface area contributed by atoms with Crippen molar-refractivity contribution in [1.29, 1.82) is 0 Å². The van der Waals surface area contributed by atoms with Crippen LogP contribution in [0.25, 0.3) is 0 Å². The molecule has 0 aromatic heterocycles. The molecular formula is C36H53P3. The summed E-state index contributed by atoms with van der Waals surface area (Å²) in [6.07, 6.45) is 0. The Balaban J connectivity index is 2.45. The number of hydrogen-bond acceptors (Lipinski definition) is 0. The van der Waals surface area contributed by atoms with E-state index in [9.17, 15) is 0 Å². The largest absolute Gasteiger partial charge is 0.0693 e. The molecule has 0 amide bonds. The minimum atomic E-state index is -0.682. The van der Waals surface area contributed by atoms with Gasteiger partial charge in [-0.2, -0.15) is 0 Å². The van der Waals surface area contributed by atoms with Gasteiger partial charge in [0, 0.05) is 0 Å². The van der Waals surface area contributed by atoms with Crippen LogP contribution in [0.2, 0.25) is 0 Å². The van der Waals surface area contributed by atoms with Gasteiger partial charge in [0.1, 0.15) is 0 Å². The maximum Gasteiger partial charge on any atom is -0.00736 e. The van der Waals surface area contributed by atoms with Crippen molar-refractivity contribution in [3.8, 4) is 0 Å². The number of benzene rings is 3. The summed E-state index contributed by atoms with van der Waals surface area (Å²) < 4.78 is 0. The third-order valence-corrected chi connectivity index (χ3v) is 16.8. The second-order valence-electron chi connectivity index (χ2n) is 12.7. The first-order chi connectivity index (χ1) is 18.3. The van der Waals surface area contributed by atoms with Gasteiger partial charge < -0.3 is 0 Å². The molecule has 0 aliphatic carbocycles. The van der Waals surface area contributed by atoms with E-state index in [1.54, 1.807) is 21.2 Å². The van der Waals surface area contributed by atoms with Crippen molar-refractivity contribution in [2.75, 3.05) is 0 Å². The molecule has 0 unspecified atom stereocenters. The SMILES string of the molecule is CC(C)c1ccc(P(c2ccccc2)c2ccc(C(C)C)cc2P(C(C)C)C(C)C)c(P(C(C)C)C(C)C)c1. The minimum absolute atomic E-state index is 0.294. The summed E-state index contributed by atoms with van der Waals surface area (Å²) in [5.74, 6) is 1.07. The normalized spacial score (nSPS) is 12.6. The predicted octanol–water partition coefficient (Wildman–Crippen LogP) is 9.54. The van der Waals surface area contributed by atoms with Gasteiger partial charge in [-0.1, -0.05) is 166 Å². The molecule has 0 N–H and O–H groups in total. The minimum Gasteiger partial charge on any atom is -0.0693 e. The first-order valence-electron chi connectivity index (χ1n) is 15.0. The van der Waals surface area contributed by atoms with E-state index in [-0.39, 0.29) is 15.8 Å². The lowest BCUT2D eigenvalue weighted by atomic mass is 10.0. The van der Waals surface area contributed by atoms with Crippen LogP contribution in [0, 0.1) is 0 Å². The fourth-order valence-corrected chi connectivity index (χ4v) is 15.4. The van der Waals surface area contributed by atoms with Crippen molar-refractivity contribution < 1.29 is 0 Å². The fourth-order valence-electron chi connectivity index (χ4n) is 5.88. The molecule has 0 radical (unpaired) electrons. The van der Waals surface area contributed by atoms with Gasteiger partial charge in [-0.05, 0) is 80.0 Å². The Morgan fingerprint density at radius 2 is 0.769 bits per heavy atom. The molecular weight excluding hydrogens is 525 g/mol. The predicted molar refractivity (Wildman–Crippen MR) is 187 cm³/mol. The third kappa shape index (κ3) is 7.62. The Hall–Kier alpha value is -1.05. The van der Waals surface area contributed by atoms with Crippen LogP contribution in [0.3, 0.4) is 0 Å². The van der Waals surface area contributed by atoms with Gasteiger partial charge in [0.05, 0.1) is 0 Å². The summed E-state index contributed by atoms with van der Waals surface area (Å²) in [6.45, 7) is 28.9. The molecule has 0 heterocycles. The summed E-state index contributed by atoms with van der Waals surface area (Å²) in [4.78, 5) is 0. The van der Waals surface area contributed by atoms with Crippen molar-refractivity contribution >= 4 is 50.3 Å². The van der Waals surface area contributed by atoms with E-state index in [0.29, 0.717) is 34.5 Å². The standard InChI is InChI=1S/C36H53P3/c1-24(2)30-18-20-33(35(22-30)37(26(5)6)27(7)8)39(32-16-14-13-15-17-32)34-21-19-31(25(3)4)23-36(34)38(28(9)10)29(11)12/h13-29H,1-12H3. The van der Waals surface area contributed by atoms with Crippen LogP contribution in [-0.4, -0.2) is 22.6 Å². The monoisotopic (exact) mass is 578 g/mol. The summed E-state index contributed by atoms with van der Waals surface area (Å²) in [6, 6.07) is 26.6. The Morgan fingerprint density at radius 3 is 1.08 bits per heavy atom. The van der Waals surface area contributed by atoms with Gasteiger partial charge in [-0.3, -0.25) is 0 Å². The van der Waals surface area contributed by atoms with Crippen molar-refractivity contribution in [3.63, 3.8) is 0 Å². The highest BCUT2D eigenvalue weighted by Crippen LogP contribution is 2.50. The number of rotatable bonds is 11. The topological polar surface area (TPSA) is 0 Å². The molecule has 0 aliphatic heterocycles. The van der Waals surface area contributed by atoms with E-state index in [1.807, 2.05) is 0 Å². The molecule has 0 saturated heterocycles. The first kappa shape index (κ1) is 32.5. The molecule has 0 atom stereocenters. The molecule has 0 spiro atoms. The lowest BCUT2D eigenvalue weighted by molar-refractivity contribution is 0.868. The lowest BCUT2D eigenvalue weighted by Crippen LogP contribution is -2.38. The van der Waals surface area contributed by atoms with Gasteiger partial charge in [0.25, 0.3) is 0 Å². The van der Waals surface area contributed by atoms with Crippen LogP contribution < -0.4 is 26.5 Å². The van der Waals surface area contributed by atoms with Crippen LogP contribution in [0.15, 0.2) is 66.7 Å². The Labute approximate surface area is 245 Å². The van der Waals surface area contributed by atoms with Gasteiger partial charge in [0.15, 0.2) is 0 Å². The van der Waals surface area contributed by atoms with Crippen molar-refractivity contribution in [3.05, 3.63) is 77.9 Å². The molecule has 0 aliphatic rings. The van der Waals surface area contributed by atoms with Crippen molar-refractivity contribution in [1.82, 2.24) is 0 Å². The Kier molecular flexibility index (Phi) is 11.8. The van der Waals surface area contributed by atoms with Gasteiger partial charge in [0.2, 0.25) is 0 Å². The second kappa shape index (κ2) is 14.2. The zero-order valence-electron chi connectivity index (χ0n) is 26.7. The molecule has 3 rings (SSSR count). The second-order valence-corrected chi connectivity index (χ2v) is 21.5. The maximum atomic E-state index is 2.61. The van der Waals surface area contributed by atoms with Gasteiger partial charge in [-0.25, -0.2) is 0 Å². The average molecular weight is 579 g/mol. The maximum absolute atomic E-state index is 2.61. The van der Waals surface area contributed by atoms with Crippen LogP contribution in [0.4, 0.5) is 0 Å². The first-order valence-corrected chi connectivity index (χ1v) is 19.3. The van der Waals surface area contributed by atoms with Crippen LogP contribution in [-0.2, 0) is 0 Å². The Bertz CT molecular complexity index is 1100. The molecule has 3 heteroatoms. The lowest BCUT2D eigenvalue weighted by Gasteiger charge is -2.35. The molecule has 0 fully saturated rings. The highest BCUT2D eigenvalue weighted by atomic mass is 31.1. The smallest absolute Gasteiger partial charge is 0.00736 e. The third-order valence-electron chi connectivity index (χ3n) is 7.61. The summed E-state index contributed by atoms with van der Waals surface area (Å²) in [7, 11) is -1.27. The van der Waals surface area contributed by atoms with Gasteiger partial charge >= 0.3 is 0 Å². The summed E-state index contributed by atoms with van der Waals surface area (Å²) in [5, 5.41) is 7.96. The Morgan fingerprint density at radius 1 is 0.410 bits per heavy atom. The molecule has 0 nitrogen and oxygen atoms in total. The number of hydrogen-bond donors (Lipinski definition) is 0. The van der Waals surface area contributed by atoms with E-state index in [4.69, 9.17) is 0 Å². The van der Waals surface area contributed by atoms with E-state index >= 15 is 0 Å². The molecule has 39 heavy (non-hydrogen) atoms. The van der Waals surface area contributed by atoms with E-state index < -0.39 is 7.92 Å². The average Bonchev–Trinajstić information content (AvgIpc) is 2.85. The molecule has 212 valence electrons. The summed E-state index contributed by atoms with van der Waals surface area (Å²) >= 11 is 0. The molecule has 3 aromatic rings. The van der Waals surface area contributed by atoms with Crippen LogP contribution in [0.1, 0.15) is 106 Å². The van der Waals surface area contributed by atoms with Crippen molar-refractivity contribution in [2.24, 2.45) is 0 Å². The van der Waals surface area contributed by atoms with Crippen LogP contribution in [0.5, 0.6) is 0 Å². The molecule has 0 saturated carbocycles. The van der Waals surface area contributed by atoms with Crippen molar-refractivity contribution in [2.45, 2.75) is 118 Å². The van der Waals surface area contributed by atoms with Gasteiger partial charge in [-0.15, -0.1) is 0 Å². The van der Waals surface area contributed by atoms with E-state index in [2.05, 4.69) is 150 Å². The molecule has 0 bridgehead atoms. The highest BCUT2D eigenvalue weighted by Gasteiger charge is 2.31. The molecule has 3 aromatic carbocycles. The summed E-state index contributed by atoms with van der Waals surface area (Å²) in [5.41, 5.74) is 5.57. The van der Waals surface area contributed by atoms with Crippen LogP contribution >= 0.6 is 23.8 Å². The quantitative estimate of drug-likeness (QED) is 0.199. The zero-order chi connectivity index (χ0) is 29.0. The zero-order valence-corrected chi connectivity index (χ0v) is 29.3. The fraction of sp³-hybridized carbons (Fsp3) is 0.500.